The number of nitrogens with one attached hydrogen (secondary N) is 1. The minimum atomic E-state index is 0.521. The van der Waals surface area contributed by atoms with Crippen molar-refractivity contribution >= 4 is 0 Å². The molecule has 1 atom stereocenters. The van der Waals surface area contributed by atoms with Crippen LogP contribution in [-0.2, 0) is 11.2 Å². The van der Waals surface area contributed by atoms with Crippen LogP contribution in [0.5, 0.6) is 5.75 Å². The fourth-order valence-corrected chi connectivity index (χ4v) is 1.62. The summed E-state index contributed by atoms with van der Waals surface area (Å²) in [7, 11) is 3.68. The van der Waals surface area contributed by atoms with E-state index in [0.717, 1.165) is 31.9 Å². The number of hydrogen-bond acceptors (Lipinski definition) is 3. The molecule has 96 valence electrons. The summed E-state index contributed by atoms with van der Waals surface area (Å²) in [6.07, 6.45) is 0.951. The summed E-state index contributed by atoms with van der Waals surface area (Å²) in [6.45, 7) is 4.66. The van der Waals surface area contributed by atoms with Crippen molar-refractivity contribution in [3.8, 4) is 5.75 Å². The monoisotopic (exact) mass is 237 g/mol. The van der Waals surface area contributed by atoms with Gasteiger partial charge in [0.05, 0.1) is 13.2 Å². The largest absolute Gasteiger partial charge is 0.493 e. The van der Waals surface area contributed by atoms with Crippen LogP contribution in [0.15, 0.2) is 24.3 Å². The summed E-state index contributed by atoms with van der Waals surface area (Å²) in [5.41, 5.74) is 1.28. The first-order valence-electron chi connectivity index (χ1n) is 6.11. The summed E-state index contributed by atoms with van der Waals surface area (Å²) in [6, 6.07) is 8.24. The Morgan fingerprint density at radius 2 is 1.94 bits per heavy atom. The molecular weight excluding hydrogens is 214 g/mol. The maximum Gasteiger partial charge on any atom is 0.119 e. The zero-order valence-corrected chi connectivity index (χ0v) is 11.0. The summed E-state index contributed by atoms with van der Waals surface area (Å²) in [4.78, 5) is 0. The predicted molar refractivity (Wildman–Crippen MR) is 70.6 cm³/mol. The van der Waals surface area contributed by atoms with Crippen LogP contribution < -0.4 is 10.1 Å². The highest BCUT2D eigenvalue weighted by molar-refractivity contribution is 5.27. The van der Waals surface area contributed by atoms with Gasteiger partial charge in [-0.2, -0.15) is 0 Å². The first-order chi connectivity index (χ1) is 8.26. The third kappa shape index (κ3) is 5.71. The quantitative estimate of drug-likeness (QED) is 0.751. The Hall–Kier alpha value is -1.06. The standard InChI is InChI=1S/C14H23NO2/c1-12(10-15-2)11-17-14-6-4-13(5-7-14)8-9-16-3/h4-7,12,15H,8-11H2,1-3H3. The van der Waals surface area contributed by atoms with E-state index in [1.54, 1.807) is 7.11 Å². The maximum atomic E-state index is 5.71. The molecule has 0 saturated carbocycles. The van der Waals surface area contributed by atoms with Crippen molar-refractivity contribution in [1.82, 2.24) is 5.32 Å². The zero-order chi connectivity index (χ0) is 12.5. The highest BCUT2D eigenvalue weighted by Gasteiger charge is 2.01. The molecule has 0 spiro atoms. The minimum absolute atomic E-state index is 0.521. The lowest BCUT2D eigenvalue weighted by Crippen LogP contribution is -2.21. The second-order valence-electron chi connectivity index (χ2n) is 4.36. The van der Waals surface area contributed by atoms with Gasteiger partial charge in [0, 0.05) is 19.6 Å². The van der Waals surface area contributed by atoms with Crippen LogP contribution >= 0.6 is 0 Å². The molecular formula is C14H23NO2. The van der Waals surface area contributed by atoms with Crippen LogP contribution in [0.3, 0.4) is 0 Å². The van der Waals surface area contributed by atoms with E-state index in [2.05, 4.69) is 24.4 Å². The van der Waals surface area contributed by atoms with Crippen molar-refractivity contribution in [2.24, 2.45) is 5.92 Å². The van der Waals surface area contributed by atoms with E-state index in [9.17, 15) is 0 Å². The average Bonchev–Trinajstić information content (AvgIpc) is 2.35. The molecule has 3 nitrogen and oxygen atoms in total. The molecule has 3 heteroatoms. The Labute approximate surface area is 104 Å². The first-order valence-corrected chi connectivity index (χ1v) is 6.11. The van der Waals surface area contributed by atoms with E-state index >= 15 is 0 Å². The fourth-order valence-electron chi connectivity index (χ4n) is 1.62. The Kier molecular flexibility index (Phi) is 6.67. The van der Waals surface area contributed by atoms with Crippen molar-refractivity contribution in [2.75, 3.05) is 33.9 Å². The van der Waals surface area contributed by atoms with E-state index in [4.69, 9.17) is 9.47 Å². The molecule has 1 aromatic rings. The van der Waals surface area contributed by atoms with Gasteiger partial charge in [0.15, 0.2) is 0 Å². The SMILES string of the molecule is CNCC(C)COc1ccc(CCOC)cc1. The highest BCUT2D eigenvalue weighted by Crippen LogP contribution is 2.13. The van der Waals surface area contributed by atoms with E-state index in [-0.39, 0.29) is 0 Å². The summed E-state index contributed by atoms with van der Waals surface area (Å²) >= 11 is 0. The van der Waals surface area contributed by atoms with Gasteiger partial charge >= 0.3 is 0 Å². The zero-order valence-electron chi connectivity index (χ0n) is 11.0. The fraction of sp³-hybridized carbons (Fsp3) is 0.571. The maximum absolute atomic E-state index is 5.71. The topological polar surface area (TPSA) is 30.5 Å². The van der Waals surface area contributed by atoms with Crippen molar-refractivity contribution < 1.29 is 9.47 Å². The first kappa shape index (κ1) is 14.0. The lowest BCUT2D eigenvalue weighted by atomic mass is 10.1. The summed E-state index contributed by atoms with van der Waals surface area (Å²) < 4.78 is 10.8. The van der Waals surface area contributed by atoms with Crippen LogP contribution in [-0.4, -0.2) is 33.9 Å². The summed E-state index contributed by atoms with van der Waals surface area (Å²) in [5, 5.41) is 3.14. The number of ether oxygens (including phenoxy) is 2. The van der Waals surface area contributed by atoms with Gasteiger partial charge in [0.2, 0.25) is 0 Å². The Bertz CT molecular complexity index is 298. The Morgan fingerprint density at radius 1 is 1.24 bits per heavy atom. The van der Waals surface area contributed by atoms with Gasteiger partial charge < -0.3 is 14.8 Å². The average molecular weight is 237 g/mol. The molecule has 1 unspecified atom stereocenters. The van der Waals surface area contributed by atoms with Gasteiger partial charge in [-0.25, -0.2) is 0 Å². The molecule has 0 aliphatic carbocycles. The van der Waals surface area contributed by atoms with Crippen LogP contribution in [0.1, 0.15) is 12.5 Å². The Morgan fingerprint density at radius 3 is 2.53 bits per heavy atom. The van der Waals surface area contributed by atoms with Gasteiger partial charge in [-0.15, -0.1) is 0 Å². The van der Waals surface area contributed by atoms with Crippen molar-refractivity contribution in [2.45, 2.75) is 13.3 Å². The van der Waals surface area contributed by atoms with Crippen molar-refractivity contribution in [1.29, 1.82) is 0 Å². The smallest absolute Gasteiger partial charge is 0.119 e. The Balaban J connectivity index is 2.34. The lowest BCUT2D eigenvalue weighted by Gasteiger charge is -2.12. The molecule has 0 heterocycles. The van der Waals surface area contributed by atoms with Gasteiger partial charge in [-0.05, 0) is 31.2 Å². The van der Waals surface area contributed by atoms with E-state index in [1.165, 1.54) is 5.56 Å². The third-order valence-corrected chi connectivity index (χ3v) is 2.61. The van der Waals surface area contributed by atoms with Gasteiger partial charge in [0.1, 0.15) is 5.75 Å². The molecule has 0 amide bonds. The molecule has 0 bridgehead atoms. The number of methoxy groups -OCH3 is 1. The van der Waals surface area contributed by atoms with Crippen molar-refractivity contribution in [3.05, 3.63) is 29.8 Å². The molecule has 17 heavy (non-hydrogen) atoms. The molecule has 0 aliphatic rings. The van der Waals surface area contributed by atoms with E-state index in [0.29, 0.717) is 5.92 Å². The molecule has 0 aromatic heterocycles. The van der Waals surface area contributed by atoms with Crippen LogP contribution in [0.4, 0.5) is 0 Å². The normalized spacial score (nSPS) is 12.4. The van der Waals surface area contributed by atoms with Gasteiger partial charge in [0.25, 0.3) is 0 Å². The number of hydrogen-bond donors (Lipinski definition) is 1. The molecule has 0 saturated heterocycles. The van der Waals surface area contributed by atoms with Crippen LogP contribution in [0.25, 0.3) is 0 Å². The van der Waals surface area contributed by atoms with Gasteiger partial charge in [-0.3, -0.25) is 0 Å². The number of rotatable bonds is 8. The number of benzene rings is 1. The van der Waals surface area contributed by atoms with E-state index in [1.807, 2.05) is 19.2 Å². The van der Waals surface area contributed by atoms with Gasteiger partial charge in [-0.1, -0.05) is 19.1 Å². The molecule has 0 fully saturated rings. The van der Waals surface area contributed by atoms with E-state index < -0.39 is 0 Å². The molecule has 0 aliphatic heterocycles. The second-order valence-corrected chi connectivity index (χ2v) is 4.36. The summed E-state index contributed by atoms with van der Waals surface area (Å²) in [5.74, 6) is 1.46. The van der Waals surface area contributed by atoms with Crippen LogP contribution in [0.2, 0.25) is 0 Å². The predicted octanol–water partition coefficient (Wildman–Crippen LogP) is 2.11. The third-order valence-electron chi connectivity index (χ3n) is 2.61. The molecule has 1 rings (SSSR count). The van der Waals surface area contributed by atoms with Crippen LogP contribution in [0, 0.1) is 5.92 Å². The minimum Gasteiger partial charge on any atom is -0.493 e. The molecule has 1 aromatic carbocycles. The molecule has 0 radical (unpaired) electrons. The molecule has 1 N–H and O–H groups in total. The highest BCUT2D eigenvalue weighted by atomic mass is 16.5. The lowest BCUT2D eigenvalue weighted by molar-refractivity contribution is 0.202. The second kappa shape index (κ2) is 8.09. The van der Waals surface area contributed by atoms with Crippen molar-refractivity contribution in [3.63, 3.8) is 0 Å².